The number of rotatable bonds is 5. The lowest BCUT2D eigenvalue weighted by Gasteiger charge is -2.11. The molecule has 0 spiro atoms. The van der Waals surface area contributed by atoms with E-state index in [0.29, 0.717) is 5.92 Å². The van der Waals surface area contributed by atoms with E-state index in [1.54, 1.807) is 25.2 Å². The molecule has 0 aromatic carbocycles. The van der Waals surface area contributed by atoms with Crippen LogP contribution in [0.2, 0.25) is 0 Å². The topological polar surface area (TPSA) is 47.0 Å². The first-order chi connectivity index (χ1) is 7.19. The van der Waals surface area contributed by atoms with Gasteiger partial charge in [0.1, 0.15) is 11.4 Å². The molecule has 0 aliphatic carbocycles. The maximum atomic E-state index is 5.29. The summed E-state index contributed by atoms with van der Waals surface area (Å²) in [6.45, 7) is 4.36. The van der Waals surface area contributed by atoms with Crippen LogP contribution in [0.15, 0.2) is 11.4 Å². The molecule has 0 aliphatic rings. The van der Waals surface area contributed by atoms with Gasteiger partial charge in [0.05, 0.1) is 7.11 Å². The molecule has 1 heterocycles. The van der Waals surface area contributed by atoms with Crippen LogP contribution in [0.3, 0.4) is 0 Å². The number of hydrogen-bond acceptors (Lipinski definition) is 5. The van der Waals surface area contributed by atoms with Crippen molar-refractivity contribution in [2.75, 3.05) is 25.2 Å². The van der Waals surface area contributed by atoms with Gasteiger partial charge < -0.3 is 10.1 Å². The summed E-state index contributed by atoms with van der Waals surface area (Å²) >= 11 is 1.69. The molecule has 4 nitrogen and oxygen atoms in total. The fourth-order valence-corrected chi connectivity index (χ4v) is 1.99. The Labute approximate surface area is 94.8 Å². The van der Waals surface area contributed by atoms with E-state index < -0.39 is 0 Å². The minimum absolute atomic E-state index is 0.632. The lowest BCUT2D eigenvalue weighted by atomic mass is 10.3. The predicted octanol–water partition coefficient (Wildman–Crippen LogP) is 2.28. The molecule has 5 heteroatoms. The molecule has 0 atom stereocenters. The maximum absolute atomic E-state index is 5.29. The number of hydrogen-bond donors (Lipinski definition) is 1. The SMILES string of the molecule is CNc1ncnc(SCC(C)C)c1OC. The van der Waals surface area contributed by atoms with Crippen LogP contribution in [0.25, 0.3) is 0 Å². The first-order valence-electron chi connectivity index (χ1n) is 4.88. The molecule has 1 N–H and O–H groups in total. The van der Waals surface area contributed by atoms with Crippen LogP contribution in [0.4, 0.5) is 5.82 Å². The Hall–Kier alpha value is -0.970. The van der Waals surface area contributed by atoms with Gasteiger partial charge in [0.15, 0.2) is 11.6 Å². The smallest absolute Gasteiger partial charge is 0.193 e. The van der Waals surface area contributed by atoms with E-state index in [0.717, 1.165) is 22.3 Å². The van der Waals surface area contributed by atoms with E-state index in [1.165, 1.54) is 0 Å². The van der Waals surface area contributed by atoms with Crippen LogP contribution in [0.5, 0.6) is 5.75 Å². The molecule has 0 aliphatic heterocycles. The average molecular weight is 227 g/mol. The molecule has 1 rings (SSSR count). The van der Waals surface area contributed by atoms with Crippen LogP contribution in [-0.4, -0.2) is 29.9 Å². The third-order valence-corrected chi connectivity index (χ3v) is 3.16. The number of anilines is 1. The lowest BCUT2D eigenvalue weighted by Crippen LogP contribution is -2.01. The van der Waals surface area contributed by atoms with Gasteiger partial charge in [-0.1, -0.05) is 13.8 Å². The van der Waals surface area contributed by atoms with Gasteiger partial charge in [-0.25, -0.2) is 9.97 Å². The van der Waals surface area contributed by atoms with Crippen molar-refractivity contribution in [3.8, 4) is 5.75 Å². The molecular weight excluding hydrogens is 210 g/mol. The highest BCUT2D eigenvalue weighted by atomic mass is 32.2. The zero-order valence-corrected chi connectivity index (χ0v) is 10.4. The number of ether oxygens (including phenoxy) is 1. The normalized spacial score (nSPS) is 10.5. The Morgan fingerprint density at radius 2 is 2.20 bits per heavy atom. The Kier molecular flexibility index (Phi) is 4.68. The first kappa shape index (κ1) is 12.1. The van der Waals surface area contributed by atoms with E-state index in [1.807, 2.05) is 7.05 Å². The highest BCUT2D eigenvalue weighted by Crippen LogP contribution is 2.32. The minimum atomic E-state index is 0.632. The predicted molar refractivity (Wildman–Crippen MR) is 63.7 cm³/mol. The summed E-state index contributed by atoms with van der Waals surface area (Å²) in [5, 5.41) is 3.88. The summed E-state index contributed by atoms with van der Waals surface area (Å²) in [7, 11) is 3.46. The van der Waals surface area contributed by atoms with Gasteiger partial charge in [0, 0.05) is 12.8 Å². The van der Waals surface area contributed by atoms with E-state index in [-0.39, 0.29) is 0 Å². The molecule has 0 saturated heterocycles. The number of aromatic nitrogens is 2. The summed E-state index contributed by atoms with van der Waals surface area (Å²) in [6, 6.07) is 0. The number of nitrogens with zero attached hydrogens (tertiary/aromatic N) is 2. The first-order valence-corrected chi connectivity index (χ1v) is 5.87. The standard InChI is InChI=1S/C10H17N3OS/c1-7(2)5-15-10-8(14-4)9(11-3)12-6-13-10/h6-7H,5H2,1-4H3,(H,11,12,13). The second-order valence-electron chi connectivity index (χ2n) is 3.52. The highest BCUT2D eigenvalue weighted by Gasteiger charge is 2.11. The summed E-state index contributed by atoms with van der Waals surface area (Å²) in [6.07, 6.45) is 1.55. The van der Waals surface area contributed by atoms with Crippen molar-refractivity contribution in [1.29, 1.82) is 0 Å². The van der Waals surface area contributed by atoms with Crippen molar-refractivity contribution in [2.24, 2.45) is 5.92 Å². The van der Waals surface area contributed by atoms with Gasteiger partial charge in [-0.2, -0.15) is 0 Å². The second-order valence-corrected chi connectivity index (χ2v) is 4.52. The molecule has 0 radical (unpaired) electrons. The molecule has 0 unspecified atom stereocenters. The van der Waals surface area contributed by atoms with Gasteiger partial charge >= 0.3 is 0 Å². The Morgan fingerprint density at radius 3 is 2.73 bits per heavy atom. The summed E-state index contributed by atoms with van der Waals surface area (Å²) in [4.78, 5) is 8.31. The van der Waals surface area contributed by atoms with E-state index >= 15 is 0 Å². The molecule has 0 saturated carbocycles. The van der Waals surface area contributed by atoms with Crippen molar-refractivity contribution in [2.45, 2.75) is 18.9 Å². The summed E-state index contributed by atoms with van der Waals surface area (Å²) in [5.74, 6) is 3.12. The lowest BCUT2D eigenvalue weighted by molar-refractivity contribution is 0.400. The monoisotopic (exact) mass is 227 g/mol. The molecule has 15 heavy (non-hydrogen) atoms. The van der Waals surface area contributed by atoms with Crippen molar-refractivity contribution in [3.63, 3.8) is 0 Å². The third kappa shape index (κ3) is 3.27. The van der Waals surface area contributed by atoms with E-state index in [4.69, 9.17) is 4.74 Å². The van der Waals surface area contributed by atoms with Crippen LogP contribution in [-0.2, 0) is 0 Å². The molecular formula is C10H17N3OS. The fourth-order valence-electron chi connectivity index (χ4n) is 1.07. The second kappa shape index (κ2) is 5.80. The van der Waals surface area contributed by atoms with Crippen molar-refractivity contribution in [3.05, 3.63) is 6.33 Å². The molecule has 0 bridgehead atoms. The average Bonchev–Trinajstić information content (AvgIpc) is 2.25. The minimum Gasteiger partial charge on any atom is -0.490 e. The quantitative estimate of drug-likeness (QED) is 0.617. The van der Waals surface area contributed by atoms with Crippen LogP contribution in [0, 0.1) is 5.92 Å². The zero-order valence-electron chi connectivity index (χ0n) is 9.57. The van der Waals surface area contributed by atoms with E-state index in [2.05, 4.69) is 29.1 Å². The van der Waals surface area contributed by atoms with Gasteiger partial charge in [-0.3, -0.25) is 0 Å². The zero-order chi connectivity index (χ0) is 11.3. The Morgan fingerprint density at radius 1 is 1.47 bits per heavy atom. The maximum Gasteiger partial charge on any atom is 0.193 e. The number of methoxy groups -OCH3 is 1. The van der Waals surface area contributed by atoms with Crippen molar-refractivity contribution >= 4 is 17.6 Å². The van der Waals surface area contributed by atoms with Gasteiger partial charge in [-0.15, -0.1) is 11.8 Å². The van der Waals surface area contributed by atoms with Gasteiger partial charge in [0.25, 0.3) is 0 Å². The summed E-state index contributed by atoms with van der Waals surface area (Å²) in [5.41, 5.74) is 0. The Balaban J connectivity index is 2.86. The Bertz CT molecular complexity index is 318. The van der Waals surface area contributed by atoms with Gasteiger partial charge in [-0.05, 0) is 5.92 Å². The van der Waals surface area contributed by atoms with Crippen LogP contribution < -0.4 is 10.1 Å². The van der Waals surface area contributed by atoms with Gasteiger partial charge in [0.2, 0.25) is 0 Å². The molecule has 84 valence electrons. The van der Waals surface area contributed by atoms with Crippen molar-refractivity contribution < 1.29 is 4.74 Å². The highest BCUT2D eigenvalue weighted by molar-refractivity contribution is 7.99. The summed E-state index contributed by atoms with van der Waals surface area (Å²) < 4.78 is 5.29. The third-order valence-electron chi connectivity index (χ3n) is 1.77. The number of thioether (sulfide) groups is 1. The number of nitrogens with one attached hydrogen (secondary N) is 1. The van der Waals surface area contributed by atoms with Crippen LogP contribution in [0.1, 0.15) is 13.8 Å². The molecule has 0 amide bonds. The van der Waals surface area contributed by atoms with Crippen LogP contribution >= 0.6 is 11.8 Å². The van der Waals surface area contributed by atoms with E-state index in [9.17, 15) is 0 Å². The molecule has 0 fully saturated rings. The fraction of sp³-hybridized carbons (Fsp3) is 0.600. The molecule has 1 aromatic heterocycles. The largest absolute Gasteiger partial charge is 0.490 e. The molecule has 1 aromatic rings. The van der Waals surface area contributed by atoms with Crippen molar-refractivity contribution in [1.82, 2.24) is 9.97 Å².